The number of benzene rings is 2. The van der Waals surface area contributed by atoms with E-state index in [0.29, 0.717) is 0 Å². The van der Waals surface area contributed by atoms with Crippen molar-refractivity contribution in [2.45, 2.75) is 20.4 Å². The standard InChI is InChI=1S/C26H23N5/c1-16-24(17(2)31-30-16)26-22-14-21(19-6-4-3-5-7-19)25(29-23(22)12-13-28-26)20-10-8-18(15-27)9-11-20/h3-14H,15,27H2,1-2H3,(H,30,31)/p+1. The second kappa shape index (κ2) is 7.78. The fourth-order valence-corrected chi connectivity index (χ4v) is 4.08. The summed E-state index contributed by atoms with van der Waals surface area (Å²) < 4.78 is 0. The molecule has 5 nitrogen and oxygen atoms in total. The molecule has 0 spiro atoms. The number of H-pyrrole nitrogens is 1. The Labute approximate surface area is 181 Å². The summed E-state index contributed by atoms with van der Waals surface area (Å²) in [6.45, 7) is 4.80. The highest BCUT2D eigenvalue weighted by molar-refractivity contribution is 5.99. The molecule has 0 bridgehead atoms. The highest BCUT2D eigenvalue weighted by Gasteiger charge is 2.18. The van der Waals surface area contributed by atoms with Crippen LogP contribution in [-0.4, -0.2) is 20.2 Å². The Morgan fingerprint density at radius 1 is 0.871 bits per heavy atom. The largest absolute Gasteiger partial charge is 0.354 e. The Hall–Kier alpha value is -3.83. The van der Waals surface area contributed by atoms with Crippen LogP contribution in [0.25, 0.3) is 44.5 Å². The average molecular weight is 407 g/mol. The van der Waals surface area contributed by atoms with Crippen LogP contribution in [0.3, 0.4) is 0 Å². The predicted molar refractivity (Wildman–Crippen MR) is 124 cm³/mol. The number of fused-ring (bicyclic) bond motifs is 1. The lowest BCUT2D eigenvalue weighted by Crippen LogP contribution is -2.47. The second-order valence-electron chi connectivity index (χ2n) is 7.73. The molecule has 5 heteroatoms. The minimum atomic E-state index is 0.773. The van der Waals surface area contributed by atoms with E-state index in [1.54, 1.807) is 0 Å². The van der Waals surface area contributed by atoms with Crippen LogP contribution in [0.15, 0.2) is 72.9 Å². The third kappa shape index (κ3) is 3.39. The van der Waals surface area contributed by atoms with E-state index >= 15 is 0 Å². The first-order chi connectivity index (χ1) is 15.2. The van der Waals surface area contributed by atoms with Gasteiger partial charge in [-0.3, -0.25) is 10.1 Å². The molecule has 0 unspecified atom stereocenters. The van der Waals surface area contributed by atoms with Gasteiger partial charge < -0.3 is 5.73 Å². The van der Waals surface area contributed by atoms with E-state index in [9.17, 15) is 0 Å². The summed E-state index contributed by atoms with van der Waals surface area (Å²) in [4.78, 5) is 9.84. The topological polar surface area (TPSA) is 82.1 Å². The summed E-state index contributed by atoms with van der Waals surface area (Å²) in [5.41, 5.74) is 14.3. The molecule has 152 valence electrons. The Morgan fingerprint density at radius 3 is 2.32 bits per heavy atom. The fourth-order valence-electron chi connectivity index (χ4n) is 4.08. The molecule has 0 aliphatic heterocycles. The highest BCUT2D eigenvalue weighted by atomic mass is 15.1. The Morgan fingerprint density at radius 2 is 1.65 bits per heavy atom. The van der Waals surface area contributed by atoms with Gasteiger partial charge in [0, 0.05) is 39.5 Å². The van der Waals surface area contributed by atoms with E-state index in [-0.39, 0.29) is 0 Å². The van der Waals surface area contributed by atoms with Crippen molar-refractivity contribution in [3.05, 3.63) is 89.9 Å². The number of pyridine rings is 2. The quantitative estimate of drug-likeness (QED) is 0.453. The Balaban J connectivity index is 1.81. The molecule has 5 aromatic rings. The summed E-state index contributed by atoms with van der Waals surface area (Å²) in [5, 5.41) is 8.47. The van der Waals surface area contributed by atoms with Crippen LogP contribution >= 0.6 is 0 Å². The van der Waals surface area contributed by atoms with Gasteiger partial charge in [0.05, 0.1) is 29.1 Å². The lowest BCUT2D eigenvalue weighted by molar-refractivity contribution is -0.386. The van der Waals surface area contributed by atoms with Crippen LogP contribution in [0, 0.1) is 13.8 Å². The molecular formula is C26H24N5+. The smallest absolute Gasteiger partial charge is 0.0997 e. The van der Waals surface area contributed by atoms with Gasteiger partial charge in [-0.1, -0.05) is 54.6 Å². The lowest BCUT2D eigenvalue weighted by atomic mass is 9.95. The van der Waals surface area contributed by atoms with Crippen molar-refractivity contribution in [1.29, 1.82) is 0 Å². The number of nitrogens with zero attached hydrogens (tertiary/aromatic N) is 3. The Bertz CT molecular complexity index is 1350. The molecule has 0 saturated carbocycles. The number of aromatic amines is 1. The maximum Gasteiger partial charge on any atom is 0.0997 e. The first kappa shape index (κ1) is 19.2. The van der Waals surface area contributed by atoms with E-state index < -0.39 is 0 Å². The molecule has 0 fully saturated rings. The first-order valence-corrected chi connectivity index (χ1v) is 10.4. The minimum Gasteiger partial charge on any atom is -0.354 e. The lowest BCUT2D eigenvalue weighted by Gasteiger charge is -2.14. The van der Waals surface area contributed by atoms with Crippen molar-refractivity contribution < 1.29 is 5.73 Å². The molecule has 0 radical (unpaired) electrons. The Kier molecular flexibility index (Phi) is 4.81. The van der Waals surface area contributed by atoms with Crippen LogP contribution in [-0.2, 0) is 6.54 Å². The van der Waals surface area contributed by atoms with Gasteiger partial charge in [-0.2, -0.15) is 5.10 Å². The molecule has 0 atom stereocenters. The van der Waals surface area contributed by atoms with Gasteiger partial charge in [-0.15, -0.1) is 0 Å². The van der Waals surface area contributed by atoms with Crippen LogP contribution in [0.4, 0.5) is 0 Å². The monoisotopic (exact) mass is 406 g/mol. The summed E-state index contributed by atoms with van der Waals surface area (Å²) >= 11 is 0. The summed E-state index contributed by atoms with van der Waals surface area (Å²) in [7, 11) is 0. The van der Waals surface area contributed by atoms with Crippen molar-refractivity contribution >= 4 is 10.9 Å². The van der Waals surface area contributed by atoms with Crippen molar-refractivity contribution in [2.75, 3.05) is 0 Å². The molecule has 3 aromatic heterocycles. The van der Waals surface area contributed by atoms with Crippen LogP contribution in [0.1, 0.15) is 17.0 Å². The zero-order valence-electron chi connectivity index (χ0n) is 17.7. The summed E-state index contributed by atoms with van der Waals surface area (Å²) in [5.74, 6) is 0. The molecule has 0 saturated heterocycles. The number of quaternary nitrogens is 1. The number of nitrogens with one attached hydrogen (secondary N) is 1. The molecule has 5 rings (SSSR count). The van der Waals surface area contributed by atoms with E-state index in [1.807, 2.05) is 32.2 Å². The number of hydrogen-bond acceptors (Lipinski definition) is 3. The summed E-state index contributed by atoms with van der Waals surface area (Å²) in [6.07, 6.45) is 1.83. The van der Waals surface area contributed by atoms with E-state index in [1.165, 1.54) is 5.56 Å². The average Bonchev–Trinajstić information content (AvgIpc) is 3.16. The third-order valence-corrected chi connectivity index (χ3v) is 5.71. The summed E-state index contributed by atoms with van der Waals surface area (Å²) in [6, 6.07) is 23.1. The van der Waals surface area contributed by atoms with E-state index in [2.05, 4.69) is 70.5 Å². The first-order valence-electron chi connectivity index (χ1n) is 10.4. The third-order valence-electron chi connectivity index (χ3n) is 5.71. The molecule has 31 heavy (non-hydrogen) atoms. The van der Waals surface area contributed by atoms with Gasteiger partial charge in [-0.25, -0.2) is 4.98 Å². The minimum absolute atomic E-state index is 0.773. The molecule has 0 aliphatic carbocycles. The van der Waals surface area contributed by atoms with Crippen LogP contribution < -0.4 is 5.73 Å². The zero-order chi connectivity index (χ0) is 21.4. The van der Waals surface area contributed by atoms with E-state index in [0.717, 1.165) is 62.5 Å². The normalized spacial score (nSPS) is 11.2. The second-order valence-corrected chi connectivity index (χ2v) is 7.73. The van der Waals surface area contributed by atoms with Gasteiger partial charge >= 0.3 is 0 Å². The molecule has 4 N–H and O–H groups in total. The van der Waals surface area contributed by atoms with Crippen molar-refractivity contribution in [1.82, 2.24) is 20.2 Å². The molecule has 0 aliphatic rings. The number of aryl methyl sites for hydroxylation is 2. The highest BCUT2D eigenvalue weighted by Crippen LogP contribution is 2.37. The van der Waals surface area contributed by atoms with Crippen LogP contribution in [0.5, 0.6) is 0 Å². The SMILES string of the molecule is Cc1n[nH]c(C)c1-c1nccc2nc(-c3ccc(C[NH3+])cc3)c(-c3ccccc3)cc12. The number of hydrogen-bond donors (Lipinski definition) is 2. The number of rotatable bonds is 4. The molecule has 0 amide bonds. The molecule has 3 heterocycles. The van der Waals surface area contributed by atoms with Crippen molar-refractivity contribution in [3.8, 4) is 33.6 Å². The van der Waals surface area contributed by atoms with Gasteiger partial charge in [-0.05, 0) is 31.5 Å². The van der Waals surface area contributed by atoms with Gasteiger partial charge in [0.1, 0.15) is 0 Å². The fraction of sp³-hybridized carbons (Fsp3) is 0.115. The van der Waals surface area contributed by atoms with E-state index in [4.69, 9.17) is 9.97 Å². The van der Waals surface area contributed by atoms with Gasteiger partial charge in [0.15, 0.2) is 0 Å². The molecule has 2 aromatic carbocycles. The number of aromatic nitrogens is 4. The van der Waals surface area contributed by atoms with Crippen molar-refractivity contribution in [2.24, 2.45) is 0 Å². The molecular weight excluding hydrogens is 382 g/mol. The maximum atomic E-state index is 5.12. The van der Waals surface area contributed by atoms with Gasteiger partial charge in [0.2, 0.25) is 0 Å². The van der Waals surface area contributed by atoms with Gasteiger partial charge in [0.25, 0.3) is 0 Å². The maximum absolute atomic E-state index is 5.12. The zero-order valence-corrected chi connectivity index (χ0v) is 17.7. The van der Waals surface area contributed by atoms with Crippen molar-refractivity contribution in [3.63, 3.8) is 0 Å². The predicted octanol–water partition coefficient (Wildman–Crippen LogP) is 4.71. The van der Waals surface area contributed by atoms with Crippen LogP contribution in [0.2, 0.25) is 0 Å².